The fourth-order valence-corrected chi connectivity index (χ4v) is 2.91. The number of methoxy groups -OCH3 is 1. The molecule has 1 aliphatic rings. The monoisotopic (exact) mass is 381 g/mol. The third kappa shape index (κ3) is 4.09. The molecule has 0 unspecified atom stereocenters. The number of ether oxygens (including phenoxy) is 2. The number of fused-ring (bicyclic) bond motifs is 1. The van der Waals surface area contributed by atoms with E-state index in [-0.39, 0.29) is 31.4 Å². The lowest BCUT2D eigenvalue weighted by Gasteiger charge is -2.13. The van der Waals surface area contributed by atoms with Crippen LogP contribution in [0.5, 0.6) is 0 Å². The second-order valence-electron chi connectivity index (χ2n) is 6.26. The van der Waals surface area contributed by atoms with Crippen LogP contribution in [-0.2, 0) is 20.9 Å². The quantitative estimate of drug-likeness (QED) is 0.541. The van der Waals surface area contributed by atoms with Crippen molar-refractivity contribution < 1.29 is 28.7 Å². The van der Waals surface area contributed by atoms with E-state index in [1.54, 1.807) is 48.5 Å². The van der Waals surface area contributed by atoms with E-state index < -0.39 is 11.9 Å². The molecule has 0 saturated carbocycles. The Morgan fingerprint density at radius 2 is 1.54 bits per heavy atom. The largest absolute Gasteiger partial charge is 0.465 e. The zero-order valence-electron chi connectivity index (χ0n) is 15.3. The van der Waals surface area contributed by atoms with Crippen molar-refractivity contribution in [3.63, 3.8) is 0 Å². The Balaban J connectivity index is 1.44. The van der Waals surface area contributed by atoms with Crippen molar-refractivity contribution in [1.82, 2.24) is 4.90 Å². The Hall–Kier alpha value is -3.48. The van der Waals surface area contributed by atoms with Crippen molar-refractivity contribution in [3.8, 4) is 0 Å². The summed E-state index contributed by atoms with van der Waals surface area (Å²) in [6, 6.07) is 13.2. The number of rotatable bonds is 7. The first-order valence-corrected chi connectivity index (χ1v) is 8.79. The first-order valence-electron chi connectivity index (χ1n) is 8.79. The molecular formula is C21H19NO6. The molecule has 0 spiro atoms. The second-order valence-corrected chi connectivity index (χ2v) is 6.26. The summed E-state index contributed by atoms with van der Waals surface area (Å²) in [5.41, 5.74) is 1.94. The van der Waals surface area contributed by atoms with Crippen LogP contribution in [0, 0.1) is 0 Å². The van der Waals surface area contributed by atoms with Gasteiger partial charge in [-0.25, -0.2) is 4.79 Å². The molecule has 7 heteroatoms. The maximum Gasteiger partial charge on any atom is 0.337 e. The van der Waals surface area contributed by atoms with Crippen molar-refractivity contribution in [2.45, 2.75) is 19.4 Å². The molecule has 2 aromatic rings. The van der Waals surface area contributed by atoms with Crippen molar-refractivity contribution in [1.29, 1.82) is 0 Å². The molecular weight excluding hydrogens is 362 g/mol. The topological polar surface area (TPSA) is 90.0 Å². The molecule has 2 aromatic carbocycles. The van der Waals surface area contributed by atoms with E-state index in [0.717, 1.165) is 10.5 Å². The van der Waals surface area contributed by atoms with Gasteiger partial charge >= 0.3 is 11.9 Å². The van der Waals surface area contributed by atoms with E-state index in [0.29, 0.717) is 23.1 Å². The van der Waals surface area contributed by atoms with E-state index >= 15 is 0 Å². The van der Waals surface area contributed by atoms with E-state index in [4.69, 9.17) is 4.74 Å². The molecule has 0 aliphatic carbocycles. The van der Waals surface area contributed by atoms with Gasteiger partial charge in [0, 0.05) is 13.0 Å². The van der Waals surface area contributed by atoms with Gasteiger partial charge in [0.05, 0.1) is 23.8 Å². The van der Waals surface area contributed by atoms with Gasteiger partial charge in [0.1, 0.15) is 6.61 Å². The zero-order valence-corrected chi connectivity index (χ0v) is 15.3. The Morgan fingerprint density at radius 3 is 2.11 bits per heavy atom. The first kappa shape index (κ1) is 19.3. The summed E-state index contributed by atoms with van der Waals surface area (Å²) < 4.78 is 9.81. The van der Waals surface area contributed by atoms with Crippen molar-refractivity contribution in [2.75, 3.05) is 13.7 Å². The van der Waals surface area contributed by atoms with Crippen LogP contribution in [0.3, 0.4) is 0 Å². The van der Waals surface area contributed by atoms with Crippen LogP contribution >= 0.6 is 0 Å². The van der Waals surface area contributed by atoms with Gasteiger partial charge < -0.3 is 9.47 Å². The Morgan fingerprint density at radius 1 is 0.929 bits per heavy atom. The number of hydrogen-bond donors (Lipinski definition) is 0. The van der Waals surface area contributed by atoms with Gasteiger partial charge in [-0.15, -0.1) is 0 Å². The smallest absolute Gasteiger partial charge is 0.337 e. The minimum absolute atomic E-state index is 0.0767. The summed E-state index contributed by atoms with van der Waals surface area (Å²) in [5, 5.41) is 0. The van der Waals surface area contributed by atoms with Gasteiger partial charge in [0.2, 0.25) is 0 Å². The van der Waals surface area contributed by atoms with Crippen molar-refractivity contribution >= 4 is 23.8 Å². The lowest BCUT2D eigenvalue weighted by Crippen LogP contribution is -2.31. The number of carbonyl (C=O) groups is 4. The third-order valence-electron chi connectivity index (χ3n) is 4.42. The van der Waals surface area contributed by atoms with Gasteiger partial charge in [-0.3, -0.25) is 19.3 Å². The Labute approximate surface area is 161 Å². The van der Waals surface area contributed by atoms with Crippen LogP contribution in [0.2, 0.25) is 0 Å². The average Bonchev–Trinajstić information content (AvgIpc) is 2.97. The van der Waals surface area contributed by atoms with Gasteiger partial charge in [0.15, 0.2) is 0 Å². The molecule has 1 aliphatic heterocycles. The van der Waals surface area contributed by atoms with E-state index in [1.807, 2.05) is 0 Å². The standard InChI is InChI=1S/C21H19NO6/c1-27-21(26)15-10-8-14(9-11-15)13-28-18(23)7-4-12-22-19(24)16-5-2-3-6-17(16)20(22)25/h2-3,5-6,8-11H,4,7,12-13H2,1H3. The SMILES string of the molecule is COC(=O)c1ccc(COC(=O)CCCN2C(=O)c3ccccc3C2=O)cc1. The Bertz CT molecular complexity index is 884. The molecule has 3 rings (SSSR count). The van der Waals surface area contributed by atoms with Gasteiger partial charge in [-0.05, 0) is 36.2 Å². The maximum atomic E-state index is 12.2. The number of hydrogen-bond acceptors (Lipinski definition) is 6. The molecule has 28 heavy (non-hydrogen) atoms. The van der Waals surface area contributed by atoms with Crippen molar-refractivity contribution in [2.24, 2.45) is 0 Å². The second kappa shape index (κ2) is 8.47. The minimum atomic E-state index is -0.434. The van der Waals surface area contributed by atoms with Crippen LogP contribution < -0.4 is 0 Å². The highest BCUT2D eigenvalue weighted by Gasteiger charge is 2.34. The summed E-state index contributed by atoms with van der Waals surface area (Å²) in [5.74, 6) is -1.52. The Kier molecular flexibility index (Phi) is 5.84. The highest BCUT2D eigenvalue weighted by atomic mass is 16.5. The zero-order chi connectivity index (χ0) is 20.1. The number of esters is 2. The molecule has 0 aromatic heterocycles. The molecule has 0 saturated heterocycles. The number of nitrogens with zero attached hydrogens (tertiary/aromatic N) is 1. The minimum Gasteiger partial charge on any atom is -0.465 e. The maximum absolute atomic E-state index is 12.2. The van der Waals surface area contributed by atoms with Gasteiger partial charge in [-0.1, -0.05) is 24.3 Å². The number of amides is 2. The lowest BCUT2D eigenvalue weighted by atomic mass is 10.1. The highest BCUT2D eigenvalue weighted by Crippen LogP contribution is 2.22. The molecule has 0 atom stereocenters. The van der Waals surface area contributed by atoms with E-state index in [9.17, 15) is 19.2 Å². The molecule has 0 radical (unpaired) electrons. The number of carbonyl (C=O) groups excluding carboxylic acids is 4. The van der Waals surface area contributed by atoms with Gasteiger partial charge in [-0.2, -0.15) is 0 Å². The molecule has 0 fully saturated rings. The molecule has 2 amide bonds. The average molecular weight is 381 g/mol. The van der Waals surface area contributed by atoms with Gasteiger partial charge in [0.25, 0.3) is 11.8 Å². The molecule has 1 heterocycles. The van der Waals surface area contributed by atoms with Crippen LogP contribution in [0.1, 0.15) is 49.5 Å². The normalized spacial score (nSPS) is 12.7. The predicted octanol–water partition coefficient (Wildman–Crippen LogP) is 2.59. The van der Waals surface area contributed by atoms with Crippen LogP contribution in [0.25, 0.3) is 0 Å². The van der Waals surface area contributed by atoms with Crippen molar-refractivity contribution in [3.05, 3.63) is 70.8 Å². The first-order chi connectivity index (χ1) is 13.5. The van der Waals surface area contributed by atoms with E-state index in [1.165, 1.54) is 7.11 Å². The van der Waals surface area contributed by atoms with E-state index in [2.05, 4.69) is 4.74 Å². The summed E-state index contributed by atoms with van der Waals surface area (Å²) >= 11 is 0. The molecule has 0 bridgehead atoms. The van der Waals surface area contributed by atoms with Crippen LogP contribution in [0.15, 0.2) is 48.5 Å². The number of imide groups is 1. The lowest BCUT2D eigenvalue weighted by molar-refractivity contribution is -0.145. The predicted molar refractivity (Wildman–Crippen MR) is 98.6 cm³/mol. The molecule has 0 N–H and O–H groups in total. The summed E-state index contributed by atoms with van der Waals surface area (Å²) in [4.78, 5) is 48.9. The highest BCUT2D eigenvalue weighted by molar-refractivity contribution is 6.21. The number of benzene rings is 2. The molecule has 7 nitrogen and oxygen atoms in total. The summed E-state index contributed by atoms with van der Waals surface area (Å²) in [6.45, 7) is 0.239. The van der Waals surface area contributed by atoms with Crippen LogP contribution in [0.4, 0.5) is 0 Å². The fraction of sp³-hybridized carbons (Fsp3) is 0.238. The summed E-state index contributed by atoms with van der Waals surface area (Å²) in [7, 11) is 1.31. The summed E-state index contributed by atoms with van der Waals surface area (Å²) in [6.07, 6.45) is 0.416. The van der Waals surface area contributed by atoms with Crippen LogP contribution in [-0.4, -0.2) is 42.3 Å². The molecule has 144 valence electrons. The third-order valence-corrected chi connectivity index (χ3v) is 4.42. The fourth-order valence-electron chi connectivity index (χ4n) is 2.91.